The summed E-state index contributed by atoms with van der Waals surface area (Å²) in [6.07, 6.45) is -3.08. The first-order valence-corrected chi connectivity index (χ1v) is 6.68. The minimum Gasteiger partial charge on any atom is -0.294 e. The molecule has 2 unspecified atom stereocenters. The molecule has 2 rings (SSSR count). The van der Waals surface area contributed by atoms with E-state index >= 15 is 0 Å². The lowest BCUT2D eigenvalue weighted by atomic mass is 9.75. The van der Waals surface area contributed by atoms with Gasteiger partial charge in [-0.2, -0.15) is 13.2 Å². The van der Waals surface area contributed by atoms with E-state index in [0.29, 0.717) is 18.4 Å². The van der Waals surface area contributed by atoms with E-state index in [-0.39, 0.29) is 18.4 Å². The number of rotatable bonds is 2. The Morgan fingerprint density at radius 3 is 2.45 bits per heavy atom. The second-order valence-corrected chi connectivity index (χ2v) is 5.37. The molecular formula is C15H16F4O. The van der Waals surface area contributed by atoms with Crippen LogP contribution in [-0.4, -0.2) is 12.0 Å². The number of aryl methyl sites for hydroxylation is 1. The molecule has 0 heterocycles. The lowest BCUT2D eigenvalue weighted by Crippen LogP contribution is -2.37. The van der Waals surface area contributed by atoms with Crippen molar-refractivity contribution in [3.63, 3.8) is 0 Å². The first kappa shape index (κ1) is 15.0. The van der Waals surface area contributed by atoms with E-state index in [9.17, 15) is 22.4 Å². The van der Waals surface area contributed by atoms with Gasteiger partial charge in [-0.25, -0.2) is 4.39 Å². The van der Waals surface area contributed by atoms with Crippen molar-refractivity contribution >= 4 is 5.78 Å². The summed E-state index contributed by atoms with van der Waals surface area (Å²) in [5.74, 6) is -3.83. The van der Waals surface area contributed by atoms with Crippen molar-refractivity contribution in [3.8, 4) is 0 Å². The number of carbonyl (C=O) groups is 1. The summed E-state index contributed by atoms with van der Waals surface area (Å²) in [5, 5.41) is 0. The van der Waals surface area contributed by atoms with Gasteiger partial charge in [0, 0.05) is 11.5 Å². The molecule has 1 aromatic rings. The third-order valence-corrected chi connectivity index (χ3v) is 3.98. The Morgan fingerprint density at radius 1 is 1.20 bits per heavy atom. The van der Waals surface area contributed by atoms with Gasteiger partial charge in [-0.3, -0.25) is 4.79 Å². The molecule has 0 aromatic heterocycles. The second kappa shape index (κ2) is 5.54. The molecule has 1 aromatic carbocycles. The van der Waals surface area contributed by atoms with Crippen LogP contribution in [0.3, 0.4) is 0 Å². The molecule has 0 saturated heterocycles. The quantitative estimate of drug-likeness (QED) is 0.570. The van der Waals surface area contributed by atoms with Crippen LogP contribution in [-0.2, 0) is 0 Å². The average molecular weight is 288 g/mol. The minimum absolute atomic E-state index is 0.0196. The normalized spacial score (nSPS) is 23.6. The molecule has 1 aliphatic carbocycles. The Labute approximate surface area is 115 Å². The minimum atomic E-state index is -4.37. The molecule has 1 saturated carbocycles. The zero-order valence-corrected chi connectivity index (χ0v) is 11.1. The van der Waals surface area contributed by atoms with Crippen molar-refractivity contribution in [3.05, 3.63) is 35.1 Å². The van der Waals surface area contributed by atoms with Gasteiger partial charge >= 0.3 is 6.18 Å². The fourth-order valence-corrected chi connectivity index (χ4v) is 2.80. The van der Waals surface area contributed by atoms with Crippen LogP contribution < -0.4 is 0 Å². The Balaban J connectivity index is 2.27. The van der Waals surface area contributed by atoms with Gasteiger partial charge in [0.2, 0.25) is 0 Å². The second-order valence-electron chi connectivity index (χ2n) is 5.37. The van der Waals surface area contributed by atoms with Crippen molar-refractivity contribution in [2.45, 2.75) is 38.8 Å². The van der Waals surface area contributed by atoms with Crippen LogP contribution >= 0.6 is 0 Å². The molecule has 1 nitrogen and oxygen atoms in total. The maximum absolute atomic E-state index is 13.5. The number of Topliss-reactive ketones (excluding diaryl/α,β-unsaturated/α-hetero) is 1. The molecule has 1 aliphatic rings. The van der Waals surface area contributed by atoms with Gasteiger partial charge < -0.3 is 0 Å². The molecule has 0 radical (unpaired) electrons. The summed E-state index contributed by atoms with van der Waals surface area (Å²) in [6.45, 7) is 1.54. The van der Waals surface area contributed by atoms with Crippen molar-refractivity contribution < 1.29 is 22.4 Å². The number of hydrogen-bond donors (Lipinski definition) is 0. The molecule has 0 N–H and O–H groups in total. The van der Waals surface area contributed by atoms with Crippen LogP contribution in [0.5, 0.6) is 0 Å². The summed E-state index contributed by atoms with van der Waals surface area (Å²) in [6, 6.07) is 3.87. The lowest BCUT2D eigenvalue weighted by Gasteiger charge is -2.32. The van der Waals surface area contributed by atoms with Crippen LogP contribution in [0.2, 0.25) is 0 Å². The third-order valence-electron chi connectivity index (χ3n) is 3.98. The van der Waals surface area contributed by atoms with E-state index in [0.717, 1.165) is 6.07 Å². The maximum Gasteiger partial charge on any atom is 0.392 e. The average Bonchev–Trinajstić information content (AvgIpc) is 2.40. The molecule has 2 atom stereocenters. The first-order valence-electron chi connectivity index (χ1n) is 6.68. The lowest BCUT2D eigenvalue weighted by molar-refractivity contribution is -0.190. The van der Waals surface area contributed by atoms with Gasteiger partial charge in [-0.05, 0) is 31.4 Å². The number of carbonyl (C=O) groups excluding carboxylic acids is 1. The number of halogens is 4. The van der Waals surface area contributed by atoms with E-state index in [2.05, 4.69) is 0 Å². The van der Waals surface area contributed by atoms with E-state index in [4.69, 9.17) is 0 Å². The number of ketones is 1. The zero-order valence-electron chi connectivity index (χ0n) is 11.1. The third kappa shape index (κ3) is 3.02. The Hall–Kier alpha value is -1.39. The molecule has 1 fully saturated rings. The Kier molecular flexibility index (Phi) is 4.16. The fraction of sp³-hybridized carbons (Fsp3) is 0.533. The molecular weight excluding hydrogens is 272 g/mol. The Morgan fingerprint density at radius 2 is 1.85 bits per heavy atom. The van der Waals surface area contributed by atoms with Crippen LogP contribution in [0.25, 0.3) is 0 Å². The number of benzene rings is 1. The van der Waals surface area contributed by atoms with Crippen LogP contribution in [0.1, 0.15) is 41.6 Å². The highest BCUT2D eigenvalue weighted by atomic mass is 19.4. The highest BCUT2D eigenvalue weighted by Gasteiger charge is 2.48. The van der Waals surface area contributed by atoms with Gasteiger partial charge in [-0.1, -0.05) is 25.0 Å². The topological polar surface area (TPSA) is 17.1 Å². The standard InChI is InChI=1S/C15H16F4O/c1-9-6-7-10(8-13(9)16)14(20)11-4-2-3-5-12(11)15(17,18)19/h6-8,11-12H,2-5H2,1H3. The monoisotopic (exact) mass is 288 g/mol. The molecule has 0 aliphatic heterocycles. The predicted octanol–water partition coefficient (Wildman–Crippen LogP) is 4.69. The van der Waals surface area contributed by atoms with E-state index in [1.54, 1.807) is 6.92 Å². The SMILES string of the molecule is Cc1ccc(C(=O)C2CCCCC2C(F)(F)F)cc1F. The summed E-state index contributed by atoms with van der Waals surface area (Å²) in [5.41, 5.74) is 0.409. The van der Waals surface area contributed by atoms with Crippen LogP contribution in [0, 0.1) is 24.6 Å². The van der Waals surface area contributed by atoms with Gasteiger partial charge in [0.25, 0.3) is 0 Å². The van der Waals surface area contributed by atoms with Gasteiger partial charge in [-0.15, -0.1) is 0 Å². The molecule has 5 heteroatoms. The van der Waals surface area contributed by atoms with Crippen molar-refractivity contribution in [2.24, 2.45) is 11.8 Å². The summed E-state index contributed by atoms with van der Waals surface area (Å²) < 4.78 is 52.4. The van der Waals surface area contributed by atoms with E-state index in [1.807, 2.05) is 0 Å². The van der Waals surface area contributed by atoms with Gasteiger partial charge in [0.05, 0.1) is 5.92 Å². The molecule has 0 amide bonds. The van der Waals surface area contributed by atoms with Crippen molar-refractivity contribution in [1.82, 2.24) is 0 Å². The van der Waals surface area contributed by atoms with Crippen molar-refractivity contribution in [1.29, 1.82) is 0 Å². The molecule has 0 bridgehead atoms. The number of hydrogen-bond acceptors (Lipinski definition) is 1. The van der Waals surface area contributed by atoms with Gasteiger partial charge in [0.1, 0.15) is 5.82 Å². The fourth-order valence-electron chi connectivity index (χ4n) is 2.80. The largest absolute Gasteiger partial charge is 0.392 e. The summed E-state index contributed by atoms with van der Waals surface area (Å²) in [7, 11) is 0. The zero-order chi connectivity index (χ0) is 14.9. The summed E-state index contributed by atoms with van der Waals surface area (Å²) >= 11 is 0. The number of alkyl halides is 3. The predicted molar refractivity (Wildman–Crippen MR) is 67.0 cm³/mol. The van der Waals surface area contributed by atoms with E-state index in [1.165, 1.54) is 12.1 Å². The molecule has 20 heavy (non-hydrogen) atoms. The maximum atomic E-state index is 13.5. The summed E-state index contributed by atoms with van der Waals surface area (Å²) in [4.78, 5) is 12.3. The highest BCUT2D eigenvalue weighted by molar-refractivity contribution is 5.98. The van der Waals surface area contributed by atoms with E-state index < -0.39 is 29.6 Å². The smallest absolute Gasteiger partial charge is 0.294 e. The van der Waals surface area contributed by atoms with Crippen LogP contribution in [0.15, 0.2) is 18.2 Å². The van der Waals surface area contributed by atoms with Crippen LogP contribution in [0.4, 0.5) is 17.6 Å². The highest BCUT2D eigenvalue weighted by Crippen LogP contribution is 2.42. The molecule has 110 valence electrons. The van der Waals surface area contributed by atoms with Gasteiger partial charge in [0.15, 0.2) is 5.78 Å². The molecule has 0 spiro atoms. The van der Waals surface area contributed by atoms with Crippen molar-refractivity contribution in [2.75, 3.05) is 0 Å². The Bertz CT molecular complexity index is 507. The first-order chi connectivity index (χ1) is 9.30.